The van der Waals surface area contributed by atoms with Gasteiger partial charge in [0.1, 0.15) is 0 Å². The van der Waals surface area contributed by atoms with E-state index >= 15 is 0 Å². The number of hydrogen-bond donors (Lipinski definition) is 1. The van der Waals surface area contributed by atoms with E-state index in [-0.39, 0.29) is 5.91 Å². The fourth-order valence-electron chi connectivity index (χ4n) is 4.60. The van der Waals surface area contributed by atoms with Gasteiger partial charge in [0.05, 0.1) is 11.4 Å². The lowest BCUT2D eigenvalue weighted by Crippen LogP contribution is -2.15. The van der Waals surface area contributed by atoms with Gasteiger partial charge in [0.15, 0.2) is 5.69 Å². The average molecular weight is 472 g/mol. The lowest BCUT2D eigenvalue weighted by molar-refractivity contribution is 0.102. The molecule has 4 nitrogen and oxygen atoms in total. The maximum atomic E-state index is 13.3. The molecule has 5 rings (SSSR count). The van der Waals surface area contributed by atoms with E-state index in [1.807, 2.05) is 54.9 Å². The summed E-state index contributed by atoms with van der Waals surface area (Å²) in [5.41, 5.74) is 10.7. The first-order valence-corrected chi connectivity index (χ1v) is 12.1. The molecule has 1 heterocycles. The van der Waals surface area contributed by atoms with Crippen LogP contribution in [0.25, 0.3) is 28.1 Å². The number of rotatable bonds is 5. The van der Waals surface area contributed by atoms with Crippen LogP contribution in [0.1, 0.15) is 32.7 Å². The molecule has 1 N–H and O–H groups in total. The van der Waals surface area contributed by atoms with E-state index in [1.54, 1.807) is 0 Å². The molecule has 0 radical (unpaired) electrons. The van der Waals surface area contributed by atoms with Crippen LogP contribution in [0.15, 0.2) is 97.1 Å². The fraction of sp³-hybridized carbons (Fsp3) is 0.125. The molecule has 0 spiro atoms. The first-order chi connectivity index (χ1) is 17.4. The summed E-state index contributed by atoms with van der Waals surface area (Å²) >= 11 is 0. The molecule has 0 unspecified atom stereocenters. The Balaban J connectivity index is 1.54. The highest BCUT2D eigenvalue weighted by atomic mass is 16.2. The first kappa shape index (κ1) is 23.3. The average Bonchev–Trinajstić information content (AvgIpc) is 3.33. The third-order valence-corrected chi connectivity index (χ3v) is 6.42. The quantitative estimate of drug-likeness (QED) is 0.286. The van der Waals surface area contributed by atoms with Crippen molar-refractivity contribution in [3.63, 3.8) is 0 Å². The summed E-state index contributed by atoms with van der Waals surface area (Å²) in [5, 5.41) is 7.84. The van der Waals surface area contributed by atoms with Crippen molar-refractivity contribution in [2.24, 2.45) is 0 Å². The van der Waals surface area contributed by atoms with Gasteiger partial charge in [-0.15, -0.1) is 0 Å². The smallest absolute Gasteiger partial charge is 0.276 e. The van der Waals surface area contributed by atoms with E-state index in [4.69, 9.17) is 5.10 Å². The molecule has 1 aromatic heterocycles. The van der Waals surface area contributed by atoms with Crippen molar-refractivity contribution < 1.29 is 4.79 Å². The summed E-state index contributed by atoms with van der Waals surface area (Å²) in [5.74, 6) is -0.224. The number of hydrogen-bond acceptors (Lipinski definition) is 2. The minimum Gasteiger partial charge on any atom is -0.320 e. The van der Waals surface area contributed by atoms with E-state index < -0.39 is 0 Å². The highest BCUT2D eigenvalue weighted by Gasteiger charge is 2.18. The van der Waals surface area contributed by atoms with Crippen molar-refractivity contribution in [3.05, 3.63) is 125 Å². The molecule has 0 aliphatic carbocycles. The van der Waals surface area contributed by atoms with E-state index in [0.717, 1.165) is 39.3 Å². The Morgan fingerprint density at radius 1 is 0.667 bits per heavy atom. The second-order valence-corrected chi connectivity index (χ2v) is 9.33. The third-order valence-electron chi connectivity index (χ3n) is 6.42. The highest BCUT2D eigenvalue weighted by Crippen LogP contribution is 2.29. The Bertz CT molecular complexity index is 1510. The number of aryl methyl sites for hydroxylation is 4. The molecule has 1 amide bonds. The number of benzene rings is 4. The number of nitrogens with one attached hydrogen (secondary N) is 1. The van der Waals surface area contributed by atoms with Crippen LogP contribution < -0.4 is 5.32 Å². The largest absolute Gasteiger partial charge is 0.320 e. The summed E-state index contributed by atoms with van der Waals surface area (Å²) in [6.07, 6.45) is 0. The molecule has 0 fully saturated rings. The Morgan fingerprint density at radius 3 is 1.89 bits per heavy atom. The second-order valence-electron chi connectivity index (χ2n) is 9.33. The van der Waals surface area contributed by atoms with E-state index in [9.17, 15) is 4.79 Å². The molecule has 0 saturated heterocycles. The fourth-order valence-corrected chi connectivity index (χ4v) is 4.60. The molecule has 5 aromatic rings. The van der Waals surface area contributed by atoms with Crippen LogP contribution in [0.2, 0.25) is 0 Å². The van der Waals surface area contributed by atoms with Gasteiger partial charge in [0.25, 0.3) is 5.91 Å². The van der Waals surface area contributed by atoms with Gasteiger partial charge in [0.2, 0.25) is 0 Å². The Labute approximate surface area is 212 Å². The van der Waals surface area contributed by atoms with Crippen molar-refractivity contribution in [2.75, 3.05) is 5.32 Å². The second kappa shape index (κ2) is 9.67. The predicted octanol–water partition coefficient (Wildman–Crippen LogP) is 7.69. The molecule has 0 bridgehead atoms. The lowest BCUT2D eigenvalue weighted by Gasteiger charge is -2.12. The van der Waals surface area contributed by atoms with E-state index in [0.29, 0.717) is 5.69 Å². The molecule has 36 heavy (non-hydrogen) atoms. The number of carbonyl (C=O) groups is 1. The SMILES string of the molecule is Cc1ccc(-n2nc(C(=O)Nc3c(C)cc(C)cc3C)cc2-c2ccc(-c3ccccc3)cc2)cc1. The van der Waals surface area contributed by atoms with E-state index in [2.05, 4.69) is 79.8 Å². The molecule has 0 aliphatic rings. The van der Waals surface area contributed by atoms with Crippen LogP contribution >= 0.6 is 0 Å². The van der Waals surface area contributed by atoms with Gasteiger partial charge in [-0.25, -0.2) is 4.68 Å². The number of carbonyl (C=O) groups excluding carboxylic acids is 1. The summed E-state index contributed by atoms with van der Waals surface area (Å²) in [6.45, 7) is 8.14. The molecule has 0 atom stereocenters. The van der Waals surface area contributed by atoms with Gasteiger partial charge >= 0.3 is 0 Å². The zero-order valence-electron chi connectivity index (χ0n) is 21.0. The lowest BCUT2D eigenvalue weighted by atomic mass is 10.0. The third kappa shape index (κ3) is 4.71. The summed E-state index contributed by atoms with van der Waals surface area (Å²) in [4.78, 5) is 13.3. The van der Waals surface area contributed by atoms with Crippen LogP contribution in [0, 0.1) is 27.7 Å². The topological polar surface area (TPSA) is 46.9 Å². The minimum absolute atomic E-state index is 0.224. The molecule has 0 aliphatic heterocycles. The van der Waals surface area contributed by atoms with Crippen LogP contribution in [-0.2, 0) is 0 Å². The maximum absolute atomic E-state index is 13.3. The van der Waals surface area contributed by atoms with Crippen molar-refractivity contribution in [1.29, 1.82) is 0 Å². The van der Waals surface area contributed by atoms with Crippen molar-refractivity contribution in [3.8, 4) is 28.1 Å². The number of nitrogens with zero attached hydrogens (tertiary/aromatic N) is 2. The predicted molar refractivity (Wildman–Crippen MR) is 148 cm³/mol. The van der Waals surface area contributed by atoms with Crippen LogP contribution in [0.4, 0.5) is 5.69 Å². The first-order valence-electron chi connectivity index (χ1n) is 12.1. The van der Waals surface area contributed by atoms with Gasteiger partial charge in [-0.05, 0) is 68.1 Å². The zero-order chi connectivity index (χ0) is 25.2. The normalized spacial score (nSPS) is 10.9. The Kier molecular flexibility index (Phi) is 6.26. The van der Waals surface area contributed by atoms with Gasteiger partial charge in [-0.3, -0.25) is 4.79 Å². The van der Waals surface area contributed by atoms with Crippen molar-refractivity contribution >= 4 is 11.6 Å². The van der Waals surface area contributed by atoms with E-state index in [1.165, 1.54) is 16.7 Å². The van der Waals surface area contributed by atoms with Crippen molar-refractivity contribution in [2.45, 2.75) is 27.7 Å². The highest BCUT2D eigenvalue weighted by molar-refractivity contribution is 6.04. The summed E-state index contributed by atoms with van der Waals surface area (Å²) < 4.78 is 1.85. The summed E-state index contributed by atoms with van der Waals surface area (Å²) in [6, 6.07) is 32.9. The van der Waals surface area contributed by atoms with Crippen molar-refractivity contribution in [1.82, 2.24) is 9.78 Å². The van der Waals surface area contributed by atoms with Crippen LogP contribution in [0.3, 0.4) is 0 Å². The molecule has 4 aromatic carbocycles. The van der Waals surface area contributed by atoms with Crippen LogP contribution in [-0.4, -0.2) is 15.7 Å². The Hall–Kier alpha value is -4.44. The zero-order valence-corrected chi connectivity index (χ0v) is 21.0. The van der Waals surface area contributed by atoms with Crippen LogP contribution in [0.5, 0.6) is 0 Å². The monoisotopic (exact) mass is 471 g/mol. The summed E-state index contributed by atoms with van der Waals surface area (Å²) in [7, 11) is 0. The van der Waals surface area contributed by atoms with Gasteiger partial charge < -0.3 is 5.32 Å². The molecule has 0 saturated carbocycles. The minimum atomic E-state index is -0.224. The number of anilines is 1. The standard InChI is InChI=1S/C32H29N3O/c1-21-10-16-28(17-11-21)35-30(27-14-12-26(13-15-27)25-8-6-5-7-9-25)20-29(34-35)32(36)33-31-23(3)18-22(2)19-24(31)4/h5-20H,1-4H3,(H,33,36). The van der Waals surface area contributed by atoms with Gasteiger partial charge in [-0.1, -0.05) is 90.0 Å². The Morgan fingerprint density at radius 2 is 1.25 bits per heavy atom. The molecular weight excluding hydrogens is 442 g/mol. The molecule has 4 heteroatoms. The van der Waals surface area contributed by atoms with Gasteiger partial charge in [-0.2, -0.15) is 5.10 Å². The number of amides is 1. The number of aromatic nitrogens is 2. The maximum Gasteiger partial charge on any atom is 0.276 e. The molecular formula is C32H29N3O. The molecule has 178 valence electrons. The van der Waals surface area contributed by atoms with Gasteiger partial charge in [0, 0.05) is 11.3 Å².